The molecule has 0 aliphatic rings. The minimum atomic E-state index is -0.137. The molecule has 2 atom stereocenters. The standard InChI is InChI=1S/C16H26FNO/c1-6-8-18-16(14(7-2)19-5)15-12(4)9-11(3)10-13(15)17/h9-10,14,16,18H,6-8H2,1-5H3. The SMILES string of the molecule is CCCNC(c1c(C)cc(C)cc1F)C(CC)OC. The van der Waals surface area contributed by atoms with Gasteiger partial charge in [-0.25, -0.2) is 4.39 Å². The minimum absolute atomic E-state index is 0.0116. The molecule has 0 amide bonds. The summed E-state index contributed by atoms with van der Waals surface area (Å²) in [5, 5.41) is 3.42. The van der Waals surface area contributed by atoms with Gasteiger partial charge in [0.05, 0.1) is 12.1 Å². The second kappa shape index (κ2) is 7.61. The Bertz CT molecular complexity index is 379. The van der Waals surface area contributed by atoms with Gasteiger partial charge >= 0.3 is 0 Å². The second-order valence-corrected chi connectivity index (χ2v) is 5.09. The normalized spacial score (nSPS) is 14.4. The molecular weight excluding hydrogens is 241 g/mol. The molecule has 0 aliphatic carbocycles. The Hall–Kier alpha value is -0.930. The van der Waals surface area contributed by atoms with Crippen LogP contribution in [-0.2, 0) is 4.74 Å². The molecule has 0 radical (unpaired) electrons. The maximum absolute atomic E-state index is 14.3. The average Bonchev–Trinajstić information content (AvgIpc) is 2.35. The number of hydrogen-bond acceptors (Lipinski definition) is 2. The highest BCUT2D eigenvalue weighted by Gasteiger charge is 2.25. The summed E-state index contributed by atoms with van der Waals surface area (Å²) in [4.78, 5) is 0. The van der Waals surface area contributed by atoms with Crippen molar-refractivity contribution in [1.82, 2.24) is 5.32 Å². The molecule has 1 aromatic rings. The lowest BCUT2D eigenvalue weighted by atomic mass is 9.93. The fraction of sp³-hybridized carbons (Fsp3) is 0.625. The van der Waals surface area contributed by atoms with E-state index in [2.05, 4.69) is 19.2 Å². The predicted molar refractivity (Wildman–Crippen MR) is 78.0 cm³/mol. The molecule has 2 nitrogen and oxygen atoms in total. The predicted octanol–water partition coefficient (Wildman–Crippen LogP) is 3.91. The molecule has 0 aliphatic heterocycles. The zero-order valence-electron chi connectivity index (χ0n) is 12.7. The van der Waals surface area contributed by atoms with Crippen LogP contribution < -0.4 is 5.32 Å². The van der Waals surface area contributed by atoms with E-state index in [1.165, 1.54) is 0 Å². The maximum atomic E-state index is 14.3. The van der Waals surface area contributed by atoms with Gasteiger partial charge in [-0.05, 0) is 50.4 Å². The number of aryl methyl sites for hydroxylation is 2. The molecule has 1 rings (SSSR count). The van der Waals surface area contributed by atoms with Gasteiger partial charge in [0, 0.05) is 12.7 Å². The molecule has 0 bridgehead atoms. The molecule has 0 aromatic heterocycles. The van der Waals surface area contributed by atoms with Gasteiger partial charge in [-0.15, -0.1) is 0 Å². The minimum Gasteiger partial charge on any atom is -0.379 e. The van der Waals surface area contributed by atoms with Crippen molar-refractivity contribution >= 4 is 0 Å². The van der Waals surface area contributed by atoms with Crippen LogP contribution in [0.25, 0.3) is 0 Å². The van der Waals surface area contributed by atoms with Crippen molar-refractivity contribution in [2.45, 2.75) is 52.7 Å². The van der Waals surface area contributed by atoms with E-state index >= 15 is 0 Å². The van der Waals surface area contributed by atoms with Crippen molar-refractivity contribution in [3.8, 4) is 0 Å². The first kappa shape index (κ1) is 16.1. The van der Waals surface area contributed by atoms with Crippen molar-refractivity contribution < 1.29 is 9.13 Å². The van der Waals surface area contributed by atoms with Crippen LogP contribution in [0.15, 0.2) is 12.1 Å². The number of halogens is 1. The first-order valence-corrected chi connectivity index (χ1v) is 7.07. The van der Waals surface area contributed by atoms with Gasteiger partial charge in [0.25, 0.3) is 0 Å². The Kier molecular flexibility index (Phi) is 6.46. The molecule has 1 aromatic carbocycles. The molecule has 0 fully saturated rings. The summed E-state index contributed by atoms with van der Waals surface area (Å²) in [5.74, 6) is -0.137. The average molecular weight is 267 g/mol. The van der Waals surface area contributed by atoms with Gasteiger partial charge in [0.2, 0.25) is 0 Å². The molecule has 0 saturated carbocycles. The quantitative estimate of drug-likeness (QED) is 0.808. The Morgan fingerprint density at radius 3 is 2.42 bits per heavy atom. The molecule has 1 N–H and O–H groups in total. The Balaban J connectivity index is 3.16. The molecule has 0 saturated heterocycles. The fourth-order valence-corrected chi connectivity index (χ4v) is 2.58. The van der Waals surface area contributed by atoms with Crippen molar-refractivity contribution in [1.29, 1.82) is 0 Å². The Labute approximate surface area is 116 Å². The number of methoxy groups -OCH3 is 1. The summed E-state index contributed by atoms with van der Waals surface area (Å²) < 4.78 is 19.9. The molecule has 2 unspecified atom stereocenters. The molecule has 108 valence electrons. The third-order valence-electron chi connectivity index (χ3n) is 3.48. The van der Waals surface area contributed by atoms with Crippen LogP contribution in [0, 0.1) is 19.7 Å². The summed E-state index contributed by atoms with van der Waals surface area (Å²) in [7, 11) is 1.69. The zero-order valence-corrected chi connectivity index (χ0v) is 12.7. The first-order chi connectivity index (χ1) is 9.04. The summed E-state index contributed by atoms with van der Waals surface area (Å²) in [6.45, 7) is 8.92. The lowest BCUT2D eigenvalue weighted by Crippen LogP contribution is -2.34. The molecular formula is C16H26FNO. The second-order valence-electron chi connectivity index (χ2n) is 5.09. The van der Waals surface area contributed by atoms with Crippen LogP contribution in [0.3, 0.4) is 0 Å². The fourth-order valence-electron chi connectivity index (χ4n) is 2.58. The van der Waals surface area contributed by atoms with Gasteiger partial charge in [-0.1, -0.05) is 19.9 Å². The topological polar surface area (TPSA) is 21.3 Å². The van der Waals surface area contributed by atoms with Gasteiger partial charge in [0.15, 0.2) is 0 Å². The number of rotatable bonds is 7. The van der Waals surface area contributed by atoms with Gasteiger partial charge in [-0.3, -0.25) is 0 Å². The van der Waals surface area contributed by atoms with E-state index in [-0.39, 0.29) is 18.0 Å². The Morgan fingerprint density at radius 1 is 1.26 bits per heavy atom. The smallest absolute Gasteiger partial charge is 0.128 e. The van der Waals surface area contributed by atoms with Crippen LogP contribution in [0.5, 0.6) is 0 Å². The van der Waals surface area contributed by atoms with E-state index in [1.54, 1.807) is 13.2 Å². The highest BCUT2D eigenvalue weighted by atomic mass is 19.1. The highest BCUT2D eigenvalue weighted by Crippen LogP contribution is 2.28. The van der Waals surface area contributed by atoms with E-state index in [4.69, 9.17) is 4.74 Å². The molecule has 3 heteroatoms. The van der Waals surface area contributed by atoms with Crippen LogP contribution >= 0.6 is 0 Å². The van der Waals surface area contributed by atoms with Crippen molar-refractivity contribution in [2.75, 3.05) is 13.7 Å². The Morgan fingerprint density at radius 2 is 1.95 bits per heavy atom. The summed E-state index contributed by atoms with van der Waals surface area (Å²) >= 11 is 0. The third kappa shape index (κ3) is 4.02. The van der Waals surface area contributed by atoms with Gasteiger partial charge in [0.1, 0.15) is 5.82 Å². The zero-order chi connectivity index (χ0) is 14.4. The number of nitrogens with one attached hydrogen (secondary N) is 1. The number of ether oxygens (including phenoxy) is 1. The van der Waals surface area contributed by atoms with E-state index in [9.17, 15) is 4.39 Å². The van der Waals surface area contributed by atoms with Crippen LogP contribution in [0.2, 0.25) is 0 Å². The van der Waals surface area contributed by atoms with Crippen LogP contribution in [0.4, 0.5) is 4.39 Å². The summed E-state index contributed by atoms with van der Waals surface area (Å²) in [6.07, 6.45) is 1.86. The summed E-state index contributed by atoms with van der Waals surface area (Å²) in [6, 6.07) is 3.54. The maximum Gasteiger partial charge on any atom is 0.128 e. The van der Waals surface area contributed by atoms with E-state index in [0.29, 0.717) is 0 Å². The van der Waals surface area contributed by atoms with Gasteiger partial charge < -0.3 is 10.1 Å². The number of benzene rings is 1. The summed E-state index contributed by atoms with van der Waals surface area (Å²) in [5.41, 5.74) is 2.69. The van der Waals surface area contributed by atoms with Crippen molar-refractivity contribution in [3.05, 3.63) is 34.6 Å². The lowest BCUT2D eigenvalue weighted by molar-refractivity contribution is 0.0637. The molecule has 0 heterocycles. The monoisotopic (exact) mass is 267 g/mol. The molecule has 19 heavy (non-hydrogen) atoms. The van der Waals surface area contributed by atoms with E-state index < -0.39 is 0 Å². The van der Waals surface area contributed by atoms with Crippen LogP contribution in [-0.4, -0.2) is 19.8 Å². The van der Waals surface area contributed by atoms with E-state index in [0.717, 1.165) is 36.1 Å². The van der Waals surface area contributed by atoms with Crippen LogP contribution in [0.1, 0.15) is 49.4 Å². The van der Waals surface area contributed by atoms with Crippen molar-refractivity contribution in [2.24, 2.45) is 0 Å². The largest absolute Gasteiger partial charge is 0.379 e. The third-order valence-corrected chi connectivity index (χ3v) is 3.48. The van der Waals surface area contributed by atoms with Gasteiger partial charge in [-0.2, -0.15) is 0 Å². The molecule has 0 spiro atoms. The first-order valence-electron chi connectivity index (χ1n) is 7.07. The highest BCUT2D eigenvalue weighted by molar-refractivity contribution is 5.35. The van der Waals surface area contributed by atoms with E-state index in [1.807, 2.05) is 19.9 Å². The van der Waals surface area contributed by atoms with Crippen molar-refractivity contribution in [3.63, 3.8) is 0 Å². The number of hydrogen-bond donors (Lipinski definition) is 1. The lowest BCUT2D eigenvalue weighted by Gasteiger charge is -2.28.